The third kappa shape index (κ3) is 3.67. The van der Waals surface area contributed by atoms with Crippen LogP contribution in [0.4, 0.5) is 0 Å². The molecule has 1 aromatic heterocycles. The highest BCUT2D eigenvalue weighted by Crippen LogP contribution is 2.32. The second kappa shape index (κ2) is 6.49. The molecule has 1 aliphatic carbocycles. The summed E-state index contributed by atoms with van der Waals surface area (Å²) < 4.78 is 0. The Labute approximate surface area is 131 Å². The van der Waals surface area contributed by atoms with E-state index in [4.69, 9.17) is 0 Å². The third-order valence-corrected chi connectivity index (χ3v) is 5.62. The van der Waals surface area contributed by atoms with Gasteiger partial charge in [0.1, 0.15) is 0 Å². The Morgan fingerprint density at radius 1 is 1.29 bits per heavy atom. The molecule has 0 bridgehead atoms. The van der Waals surface area contributed by atoms with Gasteiger partial charge in [-0.25, -0.2) is 0 Å². The van der Waals surface area contributed by atoms with Gasteiger partial charge in [-0.2, -0.15) is 0 Å². The fourth-order valence-corrected chi connectivity index (χ4v) is 4.14. The van der Waals surface area contributed by atoms with E-state index in [1.165, 1.54) is 4.88 Å². The van der Waals surface area contributed by atoms with Crippen molar-refractivity contribution in [2.45, 2.75) is 51.6 Å². The summed E-state index contributed by atoms with van der Waals surface area (Å²) in [5.74, 6) is 1.37. The van der Waals surface area contributed by atoms with Gasteiger partial charge in [-0.05, 0) is 43.0 Å². The third-order valence-electron chi connectivity index (χ3n) is 4.66. The topological polar surface area (TPSA) is 32.3 Å². The number of rotatable bonds is 5. The molecule has 1 saturated heterocycles. The van der Waals surface area contributed by atoms with Crippen LogP contribution in [-0.4, -0.2) is 29.9 Å². The molecule has 1 N–H and O–H groups in total. The second-order valence-electron chi connectivity index (χ2n) is 6.78. The highest BCUT2D eigenvalue weighted by atomic mass is 32.1. The Balaban J connectivity index is 1.52. The minimum Gasteiger partial charge on any atom is -0.342 e. The van der Waals surface area contributed by atoms with Crippen LogP contribution in [0.2, 0.25) is 0 Å². The van der Waals surface area contributed by atoms with Crippen molar-refractivity contribution in [3.05, 3.63) is 22.4 Å². The number of carbonyl (C=O) groups excluding carboxylic acids is 1. The highest BCUT2D eigenvalue weighted by molar-refractivity contribution is 7.10. The van der Waals surface area contributed by atoms with Gasteiger partial charge in [-0.1, -0.05) is 19.9 Å². The summed E-state index contributed by atoms with van der Waals surface area (Å²) in [6, 6.07) is 5.35. The second-order valence-corrected chi connectivity index (χ2v) is 7.76. The van der Waals surface area contributed by atoms with Crippen LogP contribution in [0.1, 0.15) is 50.4 Å². The summed E-state index contributed by atoms with van der Waals surface area (Å²) >= 11 is 1.84. The lowest BCUT2D eigenvalue weighted by molar-refractivity contribution is -0.133. The van der Waals surface area contributed by atoms with E-state index in [1.807, 2.05) is 11.3 Å². The molecule has 1 amide bonds. The van der Waals surface area contributed by atoms with E-state index in [9.17, 15) is 4.79 Å². The molecule has 2 heterocycles. The zero-order valence-corrected chi connectivity index (χ0v) is 13.9. The summed E-state index contributed by atoms with van der Waals surface area (Å²) in [5, 5.41) is 5.99. The van der Waals surface area contributed by atoms with Crippen LogP contribution in [0.5, 0.6) is 0 Å². The quantitative estimate of drug-likeness (QED) is 0.904. The van der Waals surface area contributed by atoms with Crippen LogP contribution in [0.15, 0.2) is 17.5 Å². The number of piperidine rings is 1. The van der Waals surface area contributed by atoms with Crippen molar-refractivity contribution in [1.82, 2.24) is 10.2 Å². The fourth-order valence-electron chi connectivity index (χ4n) is 3.18. The summed E-state index contributed by atoms with van der Waals surface area (Å²) in [5.41, 5.74) is 0. The predicted molar refractivity (Wildman–Crippen MR) is 87.4 cm³/mol. The monoisotopic (exact) mass is 306 g/mol. The van der Waals surface area contributed by atoms with Gasteiger partial charge < -0.3 is 10.2 Å². The normalized spacial score (nSPS) is 21.8. The minimum atomic E-state index is 0.365. The molecule has 1 aromatic rings. The molecule has 21 heavy (non-hydrogen) atoms. The zero-order chi connectivity index (χ0) is 14.8. The van der Waals surface area contributed by atoms with Gasteiger partial charge in [0, 0.05) is 36.0 Å². The molecule has 2 aliphatic rings. The van der Waals surface area contributed by atoms with Crippen molar-refractivity contribution >= 4 is 17.2 Å². The van der Waals surface area contributed by atoms with Gasteiger partial charge in [0.15, 0.2) is 0 Å². The van der Waals surface area contributed by atoms with Crippen LogP contribution in [0, 0.1) is 11.8 Å². The van der Waals surface area contributed by atoms with E-state index >= 15 is 0 Å². The maximum atomic E-state index is 12.1. The van der Waals surface area contributed by atoms with E-state index in [2.05, 4.69) is 41.6 Å². The van der Waals surface area contributed by atoms with Gasteiger partial charge in [0.2, 0.25) is 5.91 Å². The van der Waals surface area contributed by atoms with Crippen molar-refractivity contribution in [3.63, 3.8) is 0 Å². The van der Waals surface area contributed by atoms with Crippen LogP contribution in [0.25, 0.3) is 0 Å². The molecule has 0 radical (unpaired) electrons. The summed E-state index contributed by atoms with van der Waals surface area (Å²) in [6.07, 6.45) is 4.41. The van der Waals surface area contributed by atoms with Crippen molar-refractivity contribution in [1.29, 1.82) is 0 Å². The molecule has 116 valence electrons. The fraction of sp³-hybridized carbons (Fsp3) is 0.706. The number of nitrogens with zero attached hydrogens (tertiary/aromatic N) is 1. The Morgan fingerprint density at radius 2 is 2.00 bits per heavy atom. The van der Waals surface area contributed by atoms with Gasteiger partial charge in [0.25, 0.3) is 0 Å². The number of thiophene rings is 1. The molecule has 1 saturated carbocycles. The number of carbonyl (C=O) groups is 1. The molecule has 1 unspecified atom stereocenters. The molecule has 3 nitrogen and oxygen atoms in total. The molecule has 3 rings (SSSR count). The molecule has 4 heteroatoms. The van der Waals surface area contributed by atoms with Crippen molar-refractivity contribution in [2.75, 3.05) is 13.1 Å². The Kier molecular flexibility index (Phi) is 4.65. The van der Waals surface area contributed by atoms with E-state index in [0.717, 1.165) is 38.8 Å². The van der Waals surface area contributed by atoms with Crippen LogP contribution >= 0.6 is 11.3 Å². The number of amides is 1. The van der Waals surface area contributed by atoms with E-state index in [1.54, 1.807) is 0 Å². The minimum absolute atomic E-state index is 0.365. The Morgan fingerprint density at radius 3 is 2.52 bits per heavy atom. The SMILES string of the molecule is CC(C)C(NC1CCN(C(=O)C2CC2)CC1)c1cccs1. The molecule has 2 fully saturated rings. The van der Waals surface area contributed by atoms with Crippen LogP contribution in [-0.2, 0) is 4.79 Å². The standard InChI is InChI=1S/C17H26N2OS/c1-12(2)16(15-4-3-11-21-15)18-14-7-9-19(10-8-14)17(20)13-5-6-13/h3-4,11-14,16,18H,5-10H2,1-2H3. The first-order valence-corrected chi connectivity index (χ1v) is 9.11. The van der Waals surface area contributed by atoms with Crippen LogP contribution < -0.4 is 5.32 Å². The van der Waals surface area contributed by atoms with Gasteiger partial charge in [0.05, 0.1) is 0 Å². The van der Waals surface area contributed by atoms with Gasteiger partial charge in [-0.15, -0.1) is 11.3 Å². The lowest BCUT2D eigenvalue weighted by atomic mass is 9.98. The maximum Gasteiger partial charge on any atom is 0.225 e. The first-order valence-electron chi connectivity index (χ1n) is 8.23. The van der Waals surface area contributed by atoms with E-state index < -0.39 is 0 Å². The lowest BCUT2D eigenvalue weighted by Gasteiger charge is -2.35. The van der Waals surface area contributed by atoms with Gasteiger partial charge in [-0.3, -0.25) is 4.79 Å². The average molecular weight is 306 g/mol. The van der Waals surface area contributed by atoms with Gasteiger partial charge >= 0.3 is 0 Å². The smallest absolute Gasteiger partial charge is 0.225 e. The highest BCUT2D eigenvalue weighted by Gasteiger charge is 2.35. The van der Waals surface area contributed by atoms with Crippen molar-refractivity contribution in [3.8, 4) is 0 Å². The zero-order valence-electron chi connectivity index (χ0n) is 13.0. The molecule has 1 atom stereocenters. The molecule has 0 spiro atoms. The summed E-state index contributed by atoms with van der Waals surface area (Å²) in [7, 11) is 0. The maximum absolute atomic E-state index is 12.1. The first-order chi connectivity index (χ1) is 10.1. The summed E-state index contributed by atoms with van der Waals surface area (Å²) in [4.78, 5) is 15.6. The van der Waals surface area contributed by atoms with Crippen LogP contribution in [0.3, 0.4) is 0 Å². The average Bonchev–Trinajstić information content (AvgIpc) is 3.20. The van der Waals surface area contributed by atoms with E-state index in [-0.39, 0.29) is 0 Å². The predicted octanol–water partition coefficient (Wildman–Crippen LogP) is 3.44. The Hall–Kier alpha value is -0.870. The number of hydrogen-bond acceptors (Lipinski definition) is 3. The summed E-state index contributed by atoms with van der Waals surface area (Å²) in [6.45, 7) is 6.43. The lowest BCUT2D eigenvalue weighted by Crippen LogP contribution is -2.46. The molecular weight excluding hydrogens is 280 g/mol. The van der Waals surface area contributed by atoms with E-state index in [0.29, 0.717) is 29.8 Å². The molecule has 0 aromatic carbocycles. The number of likely N-dealkylation sites (tertiary alicyclic amines) is 1. The number of nitrogens with one attached hydrogen (secondary N) is 1. The number of hydrogen-bond donors (Lipinski definition) is 1. The molecule has 1 aliphatic heterocycles. The largest absolute Gasteiger partial charge is 0.342 e. The first kappa shape index (κ1) is 15.0. The Bertz CT molecular complexity index is 459. The van der Waals surface area contributed by atoms with Crippen molar-refractivity contribution in [2.24, 2.45) is 11.8 Å². The molecular formula is C17H26N2OS. The van der Waals surface area contributed by atoms with Crippen molar-refractivity contribution < 1.29 is 4.79 Å².